The molecule has 5 aromatic carbocycles. The molecule has 0 unspecified atom stereocenters. The second-order valence-corrected chi connectivity index (χ2v) is 6.37. The SMILES string of the molecule is Cc1ccc2cc3ccc4c5ccccc5ccc4c3cc2c1. The van der Waals surface area contributed by atoms with Crippen molar-refractivity contribution in [2.75, 3.05) is 0 Å². The number of aryl methyl sites for hydroxylation is 1. The van der Waals surface area contributed by atoms with Crippen LogP contribution < -0.4 is 0 Å². The lowest BCUT2D eigenvalue weighted by atomic mass is 9.95. The van der Waals surface area contributed by atoms with Crippen molar-refractivity contribution in [1.82, 2.24) is 0 Å². The fourth-order valence-electron chi connectivity index (χ4n) is 3.69. The second-order valence-electron chi connectivity index (χ2n) is 6.37. The normalized spacial score (nSPS) is 11.7. The highest BCUT2D eigenvalue weighted by Gasteiger charge is 2.06. The quantitative estimate of drug-likeness (QED) is 0.222. The van der Waals surface area contributed by atoms with Gasteiger partial charge in [-0.15, -0.1) is 0 Å². The molecule has 0 amide bonds. The topological polar surface area (TPSA) is 0 Å². The Balaban J connectivity index is 1.99. The van der Waals surface area contributed by atoms with Gasteiger partial charge in [-0.25, -0.2) is 0 Å². The van der Waals surface area contributed by atoms with E-state index in [0.717, 1.165) is 0 Å². The predicted octanol–water partition coefficient (Wildman–Crippen LogP) is 6.61. The average molecular weight is 292 g/mol. The lowest BCUT2D eigenvalue weighted by molar-refractivity contribution is 1.51. The fourth-order valence-corrected chi connectivity index (χ4v) is 3.69. The monoisotopic (exact) mass is 292 g/mol. The minimum atomic E-state index is 1.30. The second kappa shape index (κ2) is 4.57. The maximum absolute atomic E-state index is 2.34. The maximum atomic E-state index is 2.34. The average Bonchev–Trinajstić information content (AvgIpc) is 2.59. The Morgan fingerprint density at radius 2 is 1.17 bits per heavy atom. The van der Waals surface area contributed by atoms with Gasteiger partial charge in [-0.1, -0.05) is 72.3 Å². The molecule has 108 valence electrons. The third kappa shape index (κ3) is 1.85. The molecular weight excluding hydrogens is 276 g/mol. The molecule has 0 N–H and O–H groups in total. The third-order valence-electron chi connectivity index (χ3n) is 4.85. The predicted molar refractivity (Wildman–Crippen MR) is 101 cm³/mol. The molecule has 0 saturated heterocycles. The van der Waals surface area contributed by atoms with Gasteiger partial charge >= 0.3 is 0 Å². The molecule has 0 heterocycles. The van der Waals surface area contributed by atoms with Crippen LogP contribution in [0, 0.1) is 6.92 Å². The van der Waals surface area contributed by atoms with Crippen LogP contribution in [0.5, 0.6) is 0 Å². The summed E-state index contributed by atoms with van der Waals surface area (Å²) in [7, 11) is 0. The van der Waals surface area contributed by atoms with E-state index in [0.29, 0.717) is 0 Å². The Morgan fingerprint density at radius 3 is 2.09 bits per heavy atom. The zero-order valence-electron chi connectivity index (χ0n) is 13.0. The number of hydrogen-bond acceptors (Lipinski definition) is 0. The van der Waals surface area contributed by atoms with Gasteiger partial charge in [0.1, 0.15) is 0 Å². The number of rotatable bonds is 0. The van der Waals surface area contributed by atoms with Crippen LogP contribution in [0.25, 0.3) is 43.1 Å². The lowest BCUT2D eigenvalue weighted by Crippen LogP contribution is -1.82. The van der Waals surface area contributed by atoms with Crippen LogP contribution in [-0.4, -0.2) is 0 Å². The van der Waals surface area contributed by atoms with E-state index in [2.05, 4.69) is 85.8 Å². The first-order chi connectivity index (χ1) is 11.3. The Hall–Kier alpha value is -2.86. The summed E-state index contributed by atoms with van der Waals surface area (Å²) in [5.41, 5.74) is 1.31. The highest BCUT2D eigenvalue weighted by Crippen LogP contribution is 2.33. The van der Waals surface area contributed by atoms with Gasteiger partial charge in [0.15, 0.2) is 0 Å². The molecule has 0 radical (unpaired) electrons. The summed E-state index contributed by atoms with van der Waals surface area (Å²) in [6, 6.07) is 29.0. The van der Waals surface area contributed by atoms with E-state index >= 15 is 0 Å². The molecule has 0 bridgehead atoms. The molecule has 5 aromatic rings. The highest BCUT2D eigenvalue weighted by atomic mass is 14.1. The van der Waals surface area contributed by atoms with Crippen LogP contribution in [0.15, 0.2) is 78.9 Å². The smallest absolute Gasteiger partial charge is 0.00987 e. The van der Waals surface area contributed by atoms with Gasteiger partial charge in [0.25, 0.3) is 0 Å². The van der Waals surface area contributed by atoms with Crippen molar-refractivity contribution >= 4 is 43.1 Å². The molecule has 0 aliphatic rings. The summed E-state index contributed by atoms with van der Waals surface area (Å²) in [5, 5.41) is 10.6. The van der Waals surface area contributed by atoms with Crippen molar-refractivity contribution in [1.29, 1.82) is 0 Å². The van der Waals surface area contributed by atoms with Gasteiger partial charge in [-0.2, -0.15) is 0 Å². The van der Waals surface area contributed by atoms with Gasteiger partial charge in [-0.3, -0.25) is 0 Å². The van der Waals surface area contributed by atoms with E-state index in [1.807, 2.05) is 0 Å². The minimum Gasteiger partial charge on any atom is -0.0616 e. The van der Waals surface area contributed by atoms with Gasteiger partial charge in [0, 0.05) is 0 Å². The van der Waals surface area contributed by atoms with Crippen molar-refractivity contribution < 1.29 is 0 Å². The van der Waals surface area contributed by atoms with Crippen molar-refractivity contribution in [3.8, 4) is 0 Å². The zero-order chi connectivity index (χ0) is 15.4. The van der Waals surface area contributed by atoms with Crippen molar-refractivity contribution in [2.45, 2.75) is 6.92 Å². The van der Waals surface area contributed by atoms with Crippen LogP contribution in [0.3, 0.4) is 0 Å². The molecule has 23 heavy (non-hydrogen) atoms. The molecule has 0 aromatic heterocycles. The molecule has 0 aliphatic carbocycles. The number of benzene rings is 5. The van der Waals surface area contributed by atoms with E-state index in [9.17, 15) is 0 Å². The summed E-state index contributed by atoms with van der Waals surface area (Å²) in [6.07, 6.45) is 0. The van der Waals surface area contributed by atoms with Crippen molar-refractivity contribution in [3.63, 3.8) is 0 Å². The van der Waals surface area contributed by atoms with E-state index in [1.165, 1.54) is 48.7 Å². The Morgan fingerprint density at radius 1 is 0.435 bits per heavy atom. The maximum Gasteiger partial charge on any atom is -0.00987 e. The summed E-state index contributed by atoms with van der Waals surface area (Å²) in [4.78, 5) is 0. The summed E-state index contributed by atoms with van der Waals surface area (Å²) < 4.78 is 0. The molecule has 0 atom stereocenters. The van der Waals surface area contributed by atoms with Gasteiger partial charge < -0.3 is 0 Å². The van der Waals surface area contributed by atoms with E-state index in [-0.39, 0.29) is 0 Å². The Kier molecular flexibility index (Phi) is 2.51. The molecular formula is C23H16. The third-order valence-corrected chi connectivity index (χ3v) is 4.85. The summed E-state index contributed by atoms with van der Waals surface area (Å²) >= 11 is 0. The molecule has 0 saturated carbocycles. The molecule has 0 spiro atoms. The van der Waals surface area contributed by atoms with E-state index < -0.39 is 0 Å². The van der Waals surface area contributed by atoms with Crippen molar-refractivity contribution in [3.05, 3.63) is 84.4 Å². The first kappa shape index (κ1) is 12.7. The highest BCUT2D eigenvalue weighted by molar-refractivity contribution is 6.19. The summed E-state index contributed by atoms with van der Waals surface area (Å²) in [5.74, 6) is 0. The standard InChI is InChI=1S/C23H16/c1-15-6-7-17-13-18-9-11-21-20-5-3-2-4-16(20)8-10-22(21)23(18)14-19(17)12-15/h2-14H,1H3. The zero-order valence-corrected chi connectivity index (χ0v) is 13.0. The fraction of sp³-hybridized carbons (Fsp3) is 0.0435. The number of fused-ring (bicyclic) bond motifs is 6. The summed E-state index contributed by atoms with van der Waals surface area (Å²) in [6.45, 7) is 2.15. The number of hydrogen-bond donors (Lipinski definition) is 0. The molecule has 0 fully saturated rings. The molecule has 0 aliphatic heterocycles. The first-order valence-corrected chi connectivity index (χ1v) is 8.04. The molecule has 0 nitrogen and oxygen atoms in total. The van der Waals surface area contributed by atoms with Crippen LogP contribution >= 0.6 is 0 Å². The van der Waals surface area contributed by atoms with Crippen LogP contribution in [0.4, 0.5) is 0 Å². The Bertz CT molecular complexity index is 1210. The van der Waals surface area contributed by atoms with Crippen LogP contribution in [0.2, 0.25) is 0 Å². The lowest BCUT2D eigenvalue weighted by Gasteiger charge is -2.09. The van der Waals surface area contributed by atoms with Crippen LogP contribution in [-0.2, 0) is 0 Å². The van der Waals surface area contributed by atoms with Crippen LogP contribution in [0.1, 0.15) is 5.56 Å². The first-order valence-electron chi connectivity index (χ1n) is 8.04. The van der Waals surface area contributed by atoms with E-state index in [4.69, 9.17) is 0 Å². The largest absolute Gasteiger partial charge is 0.0616 e. The van der Waals surface area contributed by atoms with Crippen molar-refractivity contribution in [2.24, 2.45) is 0 Å². The molecule has 5 rings (SSSR count). The van der Waals surface area contributed by atoms with Gasteiger partial charge in [0.05, 0.1) is 0 Å². The van der Waals surface area contributed by atoms with Gasteiger partial charge in [-0.05, 0) is 62.1 Å². The van der Waals surface area contributed by atoms with Gasteiger partial charge in [0.2, 0.25) is 0 Å². The molecule has 0 heteroatoms. The minimum absolute atomic E-state index is 1.30. The Labute approximate surface area is 135 Å². The van der Waals surface area contributed by atoms with E-state index in [1.54, 1.807) is 0 Å².